The highest BCUT2D eigenvalue weighted by Gasteiger charge is 2.15. The van der Waals surface area contributed by atoms with Gasteiger partial charge in [-0.2, -0.15) is 0 Å². The van der Waals surface area contributed by atoms with E-state index < -0.39 is 7.12 Å². The van der Waals surface area contributed by atoms with Gasteiger partial charge in [0.25, 0.3) is 0 Å². The molecule has 106 valence electrons. The molecule has 1 aromatic rings. The van der Waals surface area contributed by atoms with E-state index in [1.54, 1.807) is 6.07 Å². The first-order chi connectivity index (χ1) is 8.93. The summed E-state index contributed by atoms with van der Waals surface area (Å²) in [7, 11) is 2.76. The van der Waals surface area contributed by atoms with Crippen LogP contribution in [0.5, 0.6) is 0 Å². The highest BCUT2D eigenvalue weighted by atomic mass is 16.4. The van der Waals surface area contributed by atoms with Crippen LogP contribution in [0.3, 0.4) is 0 Å². The lowest BCUT2D eigenvalue weighted by Gasteiger charge is -2.30. The average molecular weight is 264 g/mol. The van der Waals surface area contributed by atoms with Gasteiger partial charge in [0.1, 0.15) is 0 Å². The molecule has 0 fully saturated rings. The van der Waals surface area contributed by atoms with E-state index in [0.29, 0.717) is 11.5 Å². The molecule has 0 aliphatic carbocycles. The van der Waals surface area contributed by atoms with Gasteiger partial charge < -0.3 is 14.9 Å². The highest BCUT2D eigenvalue weighted by Crippen LogP contribution is 2.08. The predicted octanol–water partition coefficient (Wildman–Crippen LogP) is 0.138. The van der Waals surface area contributed by atoms with Crippen LogP contribution in [0.2, 0.25) is 0 Å². The standard InChI is InChI=1S/C14H25BN2O2/c1-5-17(12(2)10-16(3)4)11-13-7-6-8-14(9-13)15(18)19/h6-9,12,18-19H,5,10-11H2,1-4H3. The van der Waals surface area contributed by atoms with Crippen LogP contribution in [-0.2, 0) is 6.54 Å². The maximum Gasteiger partial charge on any atom is 0.488 e. The van der Waals surface area contributed by atoms with Gasteiger partial charge in [-0.1, -0.05) is 31.2 Å². The molecule has 0 saturated heterocycles. The molecule has 0 aromatic heterocycles. The number of hydrogen-bond acceptors (Lipinski definition) is 4. The van der Waals surface area contributed by atoms with E-state index in [0.717, 1.165) is 25.2 Å². The average Bonchev–Trinajstić information content (AvgIpc) is 2.35. The number of rotatable bonds is 7. The quantitative estimate of drug-likeness (QED) is 0.688. The lowest BCUT2D eigenvalue weighted by atomic mass is 9.79. The van der Waals surface area contributed by atoms with Gasteiger partial charge in [-0.3, -0.25) is 4.90 Å². The maximum absolute atomic E-state index is 9.20. The Labute approximate surface area is 116 Å². The molecule has 19 heavy (non-hydrogen) atoms. The van der Waals surface area contributed by atoms with Crippen molar-refractivity contribution in [1.29, 1.82) is 0 Å². The number of nitrogens with zero attached hydrogens (tertiary/aromatic N) is 2. The molecule has 0 bridgehead atoms. The summed E-state index contributed by atoms with van der Waals surface area (Å²) in [5.74, 6) is 0. The van der Waals surface area contributed by atoms with Crippen LogP contribution in [-0.4, -0.2) is 60.2 Å². The molecule has 5 heteroatoms. The number of likely N-dealkylation sites (N-methyl/N-ethyl adjacent to an activating group) is 2. The fraction of sp³-hybridized carbons (Fsp3) is 0.571. The minimum absolute atomic E-state index is 0.461. The van der Waals surface area contributed by atoms with Crippen molar-refractivity contribution in [1.82, 2.24) is 9.80 Å². The summed E-state index contributed by atoms with van der Waals surface area (Å²) in [4.78, 5) is 4.56. The topological polar surface area (TPSA) is 46.9 Å². The van der Waals surface area contributed by atoms with Gasteiger partial charge in [-0.25, -0.2) is 0 Å². The van der Waals surface area contributed by atoms with Crippen LogP contribution in [0.4, 0.5) is 0 Å². The van der Waals surface area contributed by atoms with Gasteiger partial charge in [-0.05, 0) is 38.6 Å². The van der Waals surface area contributed by atoms with Crippen LogP contribution >= 0.6 is 0 Å². The second-order valence-corrected chi connectivity index (χ2v) is 5.29. The lowest BCUT2D eigenvalue weighted by Crippen LogP contribution is -2.39. The van der Waals surface area contributed by atoms with Crippen LogP contribution < -0.4 is 5.46 Å². The normalized spacial score (nSPS) is 13.1. The summed E-state index contributed by atoms with van der Waals surface area (Å²) >= 11 is 0. The molecule has 2 N–H and O–H groups in total. The molecule has 1 aromatic carbocycles. The van der Waals surface area contributed by atoms with Crippen LogP contribution in [0.1, 0.15) is 19.4 Å². The van der Waals surface area contributed by atoms with E-state index in [4.69, 9.17) is 0 Å². The van der Waals surface area contributed by atoms with Crippen LogP contribution in [0.25, 0.3) is 0 Å². The summed E-state index contributed by atoms with van der Waals surface area (Å²) < 4.78 is 0. The molecule has 1 atom stereocenters. The molecule has 0 heterocycles. The van der Waals surface area contributed by atoms with Crippen LogP contribution in [0.15, 0.2) is 24.3 Å². The van der Waals surface area contributed by atoms with E-state index in [-0.39, 0.29) is 0 Å². The maximum atomic E-state index is 9.20. The van der Waals surface area contributed by atoms with Crippen molar-refractivity contribution in [3.8, 4) is 0 Å². The summed E-state index contributed by atoms with van der Waals surface area (Å²) in [5, 5.41) is 18.4. The van der Waals surface area contributed by atoms with Crippen molar-refractivity contribution >= 4 is 12.6 Å². The van der Waals surface area contributed by atoms with E-state index in [2.05, 4.69) is 37.7 Å². The summed E-state index contributed by atoms with van der Waals surface area (Å²) in [5.41, 5.74) is 1.66. The second-order valence-electron chi connectivity index (χ2n) is 5.29. The van der Waals surface area contributed by atoms with Gasteiger partial charge in [0.15, 0.2) is 0 Å². The Morgan fingerprint density at radius 1 is 1.26 bits per heavy atom. The molecular formula is C14H25BN2O2. The smallest absolute Gasteiger partial charge is 0.423 e. The zero-order valence-electron chi connectivity index (χ0n) is 12.4. The number of benzene rings is 1. The van der Waals surface area contributed by atoms with Crippen molar-refractivity contribution in [2.45, 2.75) is 26.4 Å². The largest absolute Gasteiger partial charge is 0.488 e. The Balaban J connectivity index is 2.72. The predicted molar refractivity (Wildman–Crippen MR) is 80.4 cm³/mol. The SMILES string of the molecule is CCN(Cc1cccc(B(O)O)c1)C(C)CN(C)C. The summed E-state index contributed by atoms with van der Waals surface area (Å²) in [6.07, 6.45) is 0. The Bertz CT molecular complexity index is 385. The molecule has 0 spiro atoms. The monoisotopic (exact) mass is 264 g/mol. The molecular weight excluding hydrogens is 239 g/mol. The van der Waals surface area contributed by atoms with Gasteiger partial charge in [-0.15, -0.1) is 0 Å². The van der Waals surface area contributed by atoms with Crippen LogP contribution in [0, 0.1) is 0 Å². The molecule has 0 amide bonds. The molecule has 0 aliphatic heterocycles. The minimum Gasteiger partial charge on any atom is -0.423 e. The van der Waals surface area contributed by atoms with Crippen molar-refractivity contribution in [2.75, 3.05) is 27.2 Å². The first-order valence-electron chi connectivity index (χ1n) is 6.77. The fourth-order valence-corrected chi connectivity index (χ4v) is 2.31. The van der Waals surface area contributed by atoms with E-state index in [1.807, 2.05) is 18.2 Å². The highest BCUT2D eigenvalue weighted by molar-refractivity contribution is 6.58. The van der Waals surface area contributed by atoms with E-state index in [1.165, 1.54) is 0 Å². The summed E-state index contributed by atoms with van der Waals surface area (Å²) in [6, 6.07) is 7.94. The molecule has 1 rings (SSSR count). The van der Waals surface area contributed by atoms with Crippen molar-refractivity contribution in [3.63, 3.8) is 0 Å². The third-order valence-corrected chi connectivity index (χ3v) is 3.29. The Kier molecular flexibility index (Phi) is 6.52. The third kappa shape index (κ3) is 5.32. The van der Waals surface area contributed by atoms with Gasteiger partial charge in [0, 0.05) is 19.1 Å². The molecule has 0 saturated carbocycles. The second kappa shape index (κ2) is 7.65. The van der Waals surface area contributed by atoms with Crippen molar-refractivity contribution in [3.05, 3.63) is 29.8 Å². The Hall–Kier alpha value is -0.875. The molecule has 4 nitrogen and oxygen atoms in total. The fourth-order valence-electron chi connectivity index (χ4n) is 2.31. The minimum atomic E-state index is -1.39. The lowest BCUT2D eigenvalue weighted by molar-refractivity contribution is 0.174. The summed E-state index contributed by atoms with van der Waals surface area (Å²) in [6.45, 7) is 7.17. The zero-order valence-corrected chi connectivity index (χ0v) is 12.4. The molecule has 0 aliphatic rings. The molecule has 1 unspecified atom stereocenters. The zero-order chi connectivity index (χ0) is 14.4. The Morgan fingerprint density at radius 3 is 2.47 bits per heavy atom. The first-order valence-corrected chi connectivity index (χ1v) is 6.77. The van der Waals surface area contributed by atoms with Crippen molar-refractivity contribution in [2.24, 2.45) is 0 Å². The Morgan fingerprint density at radius 2 is 1.95 bits per heavy atom. The van der Waals surface area contributed by atoms with Gasteiger partial charge in [0.05, 0.1) is 0 Å². The van der Waals surface area contributed by atoms with E-state index in [9.17, 15) is 10.0 Å². The van der Waals surface area contributed by atoms with E-state index >= 15 is 0 Å². The third-order valence-electron chi connectivity index (χ3n) is 3.29. The first kappa shape index (κ1) is 16.2. The van der Waals surface area contributed by atoms with Gasteiger partial charge in [0.2, 0.25) is 0 Å². The number of hydrogen-bond donors (Lipinski definition) is 2. The molecule has 0 radical (unpaired) electrons. The van der Waals surface area contributed by atoms with Crippen molar-refractivity contribution < 1.29 is 10.0 Å². The van der Waals surface area contributed by atoms with Gasteiger partial charge >= 0.3 is 7.12 Å².